The molecule has 0 aromatic heterocycles. The highest BCUT2D eigenvalue weighted by Gasteiger charge is 2.36. The van der Waals surface area contributed by atoms with Gasteiger partial charge in [0.1, 0.15) is 5.60 Å². The van der Waals surface area contributed by atoms with E-state index in [9.17, 15) is 4.79 Å². The van der Waals surface area contributed by atoms with E-state index in [0.717, 1.165) is 25.6 Å². The minimum Gasteiger partial charge on any atom is -0.444 e. The molecule has 2 aliphatic rings. The topological polar surface area (TPSA) is 60.4 Å². The quantitative estimate of drug-likeness (QED) is 0.858. The highest BCUT2D eigenvalue weighted by atomic mass is 16.6. The molecule has 2 aliphatic heterocycles. The Morgan fingerprint density at radius 1 is 1.25 bits per heavy atom. The van der Waals surface area contributed by atoms with E-state index in [4.69, 9.17) is 9.73 Å². The Bertz CT molecular complexity index is 726. The number of fused-ring (bicyclic) bond motifs is 1. The molecule has 1 unspecified atom stereocenters. The fourth-order valence-electron chi connectivity index (χ4n) is 3.62. The molecule has 1 atom stereocenters. The standard InChI is InChI=1S/C21H33N5O2/c1-21(2,3)28-20(27)25-10-11-26-18(15-25)13-23-19(26)22-12-16-8-6-7-9-17(16)14-24(4)5/h6-9,18H,10-15H2,1-5H3,(H,22,23). The minimum absolute atomic E-state index is 0.223. The minimum atomic E-state index is -0.465. The molecule has 0 radical (unpaired) electrons. The highest BCUT2D eigenvalue weighted by Crippen LogP contribution is 2.19. The summed E-state index contributed by atoms with van der Waals surface area (Å²) in [6.07, 6.45) is -0.230. The lowest BCUT2D eigenvalue weighted by molar-refractivity contribution is 0.0137. The van der Waals surface area contributed by atoms with Crippen LogP contribution < -0.4 is 5.32 Å². The van der Waals surface area contributed by atoms with Crippen molar-refractivity contribution in [3.8, 4) is 0 Å². The van der Waals surface area contributed by atoms with Crippen LogP contribution in [0.4, 0.5) is 4.79 Å². The fourth-order valence-corrected chi connectivity index (χ4v) is 3.62. The number of nitrogens with zero attached hydrogens (tertiary/aromatic N) is 4. The number of carbonyl (C=O) groups excluding carboxylic acids is 1. The van der Waals surface area contributed by atoms with Crippen molar-refractivity contribution >= 4 is 12.1 Å². The maximum absolute atomic E-state index is 12.3. The van der Waals surface area contributed by atoms with Crippen LogP contribution in [0, 0.1) is 0 Å². The normalized spacial score (nSPS) is 19.5. The van der Waals surface area contributed by atoms with Crippen LogP contribution in [0.5, 0.6) is 0 Å². The van der Waals surface area contributed by atoms with Crippen LogP contribution in [0.3, 0.4) is 0 Å². The third-order valence-electron chi connectivity index (χ3n) is 4.90. The Morgan fingerprint density at radius 3 is 2.64 bits per heavy atom. The first-order chi connectivity index (χ1) is 13.2. The fraction of sp³-hybridized carbons (Fsp3) is 0.619. The number of aliphatic imine (C=N–C) groups is 1. The number of piperazine rings is 1. The van der Waals surface area contributed by atoms with Gasteiger partial charge in [0.2, 0.25) is 0 Å². The lowest BCUT2D eigenvalue weighted by Crippen LogP contribution is -2.57. The first-order valence-corrected chi connectivity index (χ1v) is 9.97. The summed E-state index contributed by atoms with van der Waals surface area (Å²) in [5.74, 6) is 0.938. The number of hydrogen-bond acceptors (Lipinski definition) is 6. The zero-order valence-electron chi connectivity index (χ0n) is 17.7. The molecule has 7 nitrogen and oxygen atoms in total. The SMILES string of the molecule is CN(C)Cc1ccccc1CNC1=NCC2CN(C(=O)OC(C)(C)C)CCN12. The lowest BCUT2D eigenvalue weighted by atomic mass is 10.1. The van der Waals surface area contributed by atoms with Gasteiger partial charge in [-0.25, -0.2) is 4.79 Å². The van der Waals surface area contributed by atoms with Crippen molar-refractivity contribution < 1.29 is 9.53 Å². The summed E-state index contributed by atoms with van der Waals surface area (Å²) in [6, 6.07) is 8.73. The van der Waals surface area contributed by atoms with Crippen LogP contribution in [0.15, 0.2) is 29.3 Å². The van der Waals surface area contributed by atoms with E-state index < -0.39 is 5.60 Å². The molecule has 1 N–H and O–H groups in total. The molecule has 1 aromatic carbocycles. The lowest BCUT2D eigenvalue weighted by Gasteiger charge is -2.39. The van der Waals surface area contributed by atoms with Gasteiger partial charge in [0, 0.05) is 32.7 Å². The van der Waals surface area contributed by atoms with Gasteiger partial charge in [-0.1, -0.05) is 24.3 Å². The Balaban J connectivity index is 1.55. The molecule has 154 valence electrons. The zero-order valence-corrected chi connectivity index (χ0v) is 17.7. The van der Waals surface area contributed by atoms with Crippen molar-refractivity contribution in [1.29, 1.82) is 0 Å². The Kier molecular flexibility index (Phi) is 6.13. The van der Waals surface area contributed by atoms with Crippen LogP contribution in [0.1, 0.15) is 31.9 Å². The Hall–Kier alpha value is -2.28. The molecule has 1 saturated heterocycles. The Morgan fingerprint density at radius 2 is 1.96 bits per heavy atom. The summed E-state index contributed by atoms with van der Waals surface area (Å²) in [5.41, 5.74) is 2.15. The van der Waals surface area contributed by atoms with Gasteiger partial charge in [0.25, 0.3) is 0 Å². The number of rotatable bonds is 4. The van der Waals surface area contributed by atoms with Crippen LogP contribution in [0.25, 0.3) is 0 Å². The summed E-state index contributed by atoms with van der Waals surface area (Å²) >= 11 is 0. The van der Waals surface area contributed by atoms with Gasteiger partial charge < -0.3 is 24.8 Å². The van der Waals surface area contributed by atoms with E-state index in [1.165, 1.54) is 11.1 Å². The average Bonchev–Trinajstić information content (AvgIpc) is 3.01. The Labute approximate surface area is 168 Å². The van der Waals surface area contributed by atoms with Gasteiger partial charge in [-0.2, -0.15) is 0 Å². The van der Waals surface area contributed by atoms with Crippen molar-refractivity contribution in [2.75, 3.05) is 40.3 Å². The number of amides is 1. The van der Waals surface area contributed by atoms with Crippen molar-refractivity contribution in [1.82, 2.24) is 20.0 Å². The van der Waals surface area contributed by atoms with Gasteiger partial charge in [-0.15, -0.1) is 0 Å². The van der Waals surface area contributed by atoms with Crippen molar-refractivity contribution in [3.63, 3.8) is 0 Å². The molecule has 1 amide bonds. The van der Waals surface area contributed by atoms with Gasteiger partial charge in [0.15, 0.2) is 5.96 Å². The number of benzene rings is 1. The molecular weight excluding hydrogens is 354 g/mol. The van der Waals surface area contributed by atoms with E-state index in [0.29, 0.717) is 19.6 Å². The van der Waals surface area contributed by atoms with E-state index in [2.05, 4.69) is 53.5 Å². The number of guanidine groups is 1. The first kappa shape index (κ1) is 20.5. The molecule has 1 fully saturated rings. The van der Waals surface area contributed by atoms with Gasteiger partial charge in [-0.05, 0) is 46.0 Å². The largest absolute Gasteiger partial charge is 0.444 e. The predicted octanol–water partition coefficient (Wildman–Crippen LogP) is 2.13. The summed E-state index contributed by atoms with van der Waals surface area (Å²) in [6.45, 7) is 10.2. The van der Waals surface area contributed by atoms with Gasteiger partial charge >= 0.3 is 6.09 Å². The third kappa shape index (κ3) is 5.16. The second-order valence-electron chi connectivity index (χ2n) is 8.80. The van der Waals surface area contributed by atoms with Crippen molar-refractivity contribution in [3.05, 3.63) is 35.4 Å². The first-order valence-electron chi connectivity index (χ1n) is 9.97. The van der Waals surface area contributed by atoms with E-state index in [1.807, 2.05) is 20.8 Å². The molecule has 0 bridgehead atoms. The molecule has 7 heteroatoms. The molecule has 2 heterocycles. The number of hydrogen-bond donors (Lipinski definition) is 1. The molecule has 28 heavy (non-hydrogen) atoms. The van der Waals surface area contributed by atoms with E-state index in [1.54, 1.807) is 4.90 Å². The van der Waals surface area contributed by atoms with Crippen LogP contribution in [-0.2, 0) is 17.8 Å². The monoisotopic (exact) mass is 387 g/mol. The van der Waals surface area contributed by atoms with E-state index in [-0.39, 0.29) is 12.1 Å². The summed E-state index contributed by atoms with van der Waals surface area (Å²) in [7, 11) is 4.17. The maximum atomic E-state index is 12.3. The maximum Gasteiger partial charge on any atom is 0.410 e. The number of carbonyl (C=O) groups is 1. The second-order valence-corrected chi connectivity index (χ2v) is 8.80. The molecule has 3 rings (SSSR count). The molecule has 1 aromatic rings. The number of nitrogens with one attached hydrogen (secondary N) is 1. The third-order valence-corrected chi connectivity index (χ3v) is 4.90. The summed E-state index contributed by atoms with van der Waals surface area (Å²) in [5, 5.41) is 3.52. The van der Waals surface area contributed by atoms with Crippen LogP contribution in [-0.4, -0.2) is 78.7 Å². The second kappa shape index (κ2) is 8.39. The van der Waals surface area contributed by atoms with E-state index >= 15 is 0 Å². The summed E-state index contributed by atoms with van der Waals surface area (Å²) in [4.78, 5) is 23.3. The van der Waals surface area contributed by atoms with Gasteiger partial charge in [0.05, 0.1) is 12.6 Å². The van der Waals surface area contributed by atoms with Crippen LogP contribution in [0.2, 0.25) is 0 Å². The highest BCUT2D eigenvalue weighted by molar-refractivity contribution is 5.82. The molecule has 0 spiro atoms. The average molecular weight is 388 g/mol. The van der Waals surface area contributed by atoms with Gasteiger partial charge in [-0.3, -0.25) is 4.99 Å². The number of ether oxygens (including phenoxy) is 1. The smallest absolute Gasteiger partial charge is 0.410 e. The molecule has 0 aliphatic carbocycles. The predicted molar refractivity (Wildman–Crippen MR) is 111 cm³/mol. The van der Waals surface area contributed by atoms with Crippen LogP contribution >= 0.6 is 0 Å². The van der Waals surface area contributed by atoms with Crippen molar-refractivity contribution in [2.45, 2.75) is 45.5 Å². The summed E-state index contributed by atoms with van der Waals surface area (Å²) < 4.78 is 5.51. The van der Waals surface area contributed by atoms with Crippen molar-refractivity contribution in [2.24, 2.45) is 4.99 Å². The zero-order chi connectivity index (χ0) is 20.3. The molecule has 0 saturated carbocycles. The molecular formula is C21H33N5O2.